The molecule has 0 aromatic heterocycles. The predicted octanol–water partition coefficient (Wildman–Crippen LogP) is 3.26. The van der Waals surface area contributed by atoms with Crippen molar-refractivity contribution in [2.75, 3.05) is 26.1 Å². The van der Waals surface area contributed by atoms with Gasteiger partial charge >= 0.3 is 0 Å². The lowest BCUT2D eigenvalue weighted by molar-refractivity contribution is 0.405. The zero-order valence-corrected chi connectivity index (χ0v) is 13.5. The van der Waals surface area contributed by atoms with Crippen molar-refractivity contribution in [2.24, 2.45) is 16.6 Å². The number of unbranched alkanes of at least 4 members (excludes halogenated alkanes) is 1. The Morgan fingerprint density at radius 3 is 2.62 bits per heavy atom. The summed E-state index contributed by atoms with van der Waals surface area (Å²) in [4.78, 5) is 4.33. The first-order valence-electron chi connectivity index (χ1n) is 7.35. The highest BCUT2D eigenvalue weighted by Crippen LogP contribution is 2.28. The third-order valence-electron chi connectivity index (χ3n) is 3.14. The van der Waals surface area contributed by atoms with Crippen molar-refractivity contribution >= 4 is 11.6 Å². The minimum absolute atomic E-state index is 0.395. The van der Waals surface area contributed by atoms with E-state index in [2.05, 4.69) is 24.2 Å². The summed E-state index contributed by atoms with van der Waals surface area (Å²) in [6.45, 7) is 5.19. The molecule has 0 spiro atoms. The molecule has 0 bridgehead atoms. The lowest BCUT2D eigenvalue weighted by atomic mass is 10.1. The molecule has 5 heteroatoms. The Morgan fingerprint density at radius 2 is 2.00 bits per heavy atom. The third-order valence-corrected chi connectivity index (χ3v) is 3.14. The van der Waals surface area contributed by atoms with Crippen molar-refractivity contribution in [3.63, 3.8) is 0 Å². The fraction of sp³-hybridized carbons (Fsp3) is 0.562. The molecule has 0 amide bonds. The van der Waals surface area contributed by atoms with Crippen LogP contribution in [0.4, 0.5) is 5.69 Å². The zero-order valence-electron chi connectivity index (χ0n) is 13.5. The molecule has 0 saturated carbocycles. The van der Waals surface area contributed by atoms with Crippen LogP contribution >= 0.6 is 0 Å². The highest BCUT2D eigenvalue weighted by molar-refractivity contribution is 5.93. The second-order valence-electron chi connectivity index (χ2n) is 5.35. The first-order valence-corrected chi connectivity index (χ1v) is 7.35. The summed E-state index contributed by atoms with van der Waals surface area (Å²) in [6, 6.07) is 5.50. The van der Waals surface area contributed by atoms with Crippen LogP contribution in [-0.4, -0.2) is 26.7 Å². The molecule has 5 nitrogen and oxygen atoms in total. The number of nitrogens with zero attached hydrogens (tertiary/aromatic N) is 1. The van der Waals surface area contributed by atoms with Crippen molar-refractivity contribution in [2.45, 2.75) is 33.1 Å². The molecule has 0 fully saturated rings. The lowest BCUT2D eigenvalue weighted by Gasteiger charge is -2.12. The van der Waals surface area contributed by atoms with E-state index < -0.39 is 0 Å². The van der Waals surface area contributed by atoms with Gasteiger partial charge in [-0.15, -0.1) is 0 Å². The van der Waals surface area contributed by atoms with Gasteiger partial charge in [0.25, 0.3) is 0 Å². The van der Waals surface area contributed by atoms with Crippen molar-refractivity contribution in [3.8, 4) is 11.5 Å². The second kappa shape index (κ2) is 9.10. The topological polar surface area (TPSA) is 68.9 Å². The van der Waals surface area contributed by atoms with Gasteiger partial charge in [-0.1, -0.05) is 26.7 Å². The maximum atomic E-state index is 5.91. The highest BCUT2D eigenvalue weighted by Gasteiger charge is 2.05. The molecule has 0 radical (unpaired) electrons. The molecule has 1 aromatic carbocycles. The number of rotatable bonds is 8. The number of hydrogen-bond donors (Lipinski definition) is 2. The molecule has 118 valence electrons. The SMILES string of the molecule is COc1ccc(OC)c(NC(N)=NCCCCC(C)C)c1. The van der Waals surface area contributed by atoms with E-state index in [0.29, 0.717) is 11.7 Å². The van der Waals surface area contributed by atoms with Crippen LogP contribution in [0, 0.1) is 5.92 Å². The number of nitrogens with one attached hydrogen (secondary N) is 1. The van der Waals surface area contributed by atoms with Crippen molar-refractivity contribution in [1.82, 2.24) is 0 Å². The quantitative estimate of drug-likeness (QED) is 0.438. The van der Waals surface area contributed by atoms with E-state index in [1.54, 1.807) is 14.2 Å². The average molecular weight is 293 g/mol. The van der Waals surface area contributed by atoms with E-state index in [4.69, 9.17) is 15.2 Å². The average Bonchev–Trinajstić information content (AvgIpc) is 2.46. The fourth-order valence-electron chi connectivity index (χ4n) is 1.95. The monoisotopic (exact) mass is 293 g/mol. The van der Waals surface area contributed by atoms with Gasteiger partial charge in [-0.25, -0.2) is 0 Å². The number of guanidine groups is 1. The van der Waals surface area contributed by atoms with E-state index in [9.17, 15) is 0 Å². The molecule has 0 aliphatic carbocycles. The summed E-state index contributed by atoms with van der Waals surface area (Å²) in [5.74, 6) is 2.58. The van der Waals surface area contributed by atoms with Crippen LogP contribution in [0.5, 0.6) is 11.5 Å². The lowest BCUT2D eigenvalue weighted by Crippen LogP contribution is -2.23. The Hall–Kier alpha value is -1.91. The number of aliphatic imine (C=N–C) groups is 1. The number of anilines is 1. The number of benzene rings is 1. The molecule has 0 aliphatic rings. The van der Waals surface area contributed by atoms with Crippen LogP contribution < -0.4 is 20.5 Å². The largest absolute Gasteiger partial charge is 0.497 e. The molecule has 0 heterocycles. The van der Waals surface area contributed by atoms with Gasteiger partial charge in [0.2, 0.25) is 0 Å². The molecular formula is C16H27N3O2. The number of ether oxygens (including phenoxy) is 2. The first kappa shape index (κ1) is 17.1. The molecule has 0 atom stereocenters. The maximum Gasteiger partial charge on any atom is 0.193 e. The molecule has 3 N–H and O–H groups in total. The predicted molar refractivity (Wildman–Crippen MR) is 88.3 cm³/mol. The van der Waals surface area contributed by atoms with Crippen molar-refractivity contribution in [1.29, 1.82) is 0 Å². The van der Waals surface area contributed by atoms with E-state index in [0.717, 1.165) is 30.3 Å². The first-order chi connectivity index (χ1) is 10.1. The minimum atomic E-state index is 0.395. The van der Waals surface area contributed by atoms with Gasteiger partial charge in [0.05, 0.1) is 19.9 Å². The van der Waals surface area contributed by atoms with E-state index in [1.165, 1.54) is 12.8 Å². The van der Waals surface area contributed by atoms with Gasteiger partial charge in [-0.3, -0.25) is 4.99 Å². The summed E-state index contributed by atoms with van der Waals surface area (Å²) in [7, 11) is 3.24. The molecule has 0 aliphatic heterocycles. The van der Waals surface area contributed by atoms with E-state index in [-0.39, 0.29) is 0 Å². The van der Waals surface area contributed by atoms with Crippen LogP contribution in [0.25, 0.3) is 0 Å². The van der Waals surface area contributed by atoms with Gasteiger partial charge in [-0.05, 0) is 24.5 Å². The molecule has 1 aromatic rings. The maximum absolute atomic E-state index is 5.91. The molecule has 21 heavy (non-hydrogen) atoms. The van der Waals surface area contributed by atoms with Gasteiger partial charge in [0.15, 0.2) is 5.96 Å². The number of nitrogens with two attached hydrogens (primary N) is 1. The Labute approximate surface area is 127 Å². The fourth-order valence-corrected chi connectivity index (χ4v) is 1.95. The Kier molecular flexibility index (Phi) is 7.43. The summed E-state index contributed by atoms with van der Waals surface area (Å²) >= 11 is 0. The normalized spacial score (nSPS) is 11.6. The van der Waals surface area contributed by atoms with Crippen LogP contribution in [0.15, 0.2) is 23.2 Å². The van der Waals surface area contributed by atoms with Crippen molar-refractivity contribution < 1.29 is 9.47 Å². The van der Waals surface area contributed by atoms with Gasteiger partial charge in [-0.2, -0.15) is 0 Å². The van der Waals surface area contributed by atoms with Crippen LogP contribution in [-0.2, 0) is 0 Å². The molecule has 0 unspecified atom stereocenters. The standard InChI is InChI=1S/C16H27N3O2/c1-12(2)7-5-6-10-18-16(17)19-14-11-13(20-3)8-9-15(14)21-4/h8-9,11-12H,5-7,10H2,1-4H3,(H3,17,18,19). The van der Waals surface area contributed by atoms with E-state index >= 15 is 0 Å². The van der Waals surface area contributed by atoms with Gasteiger partial charge in [0.1, 0.15) is 11.5 Å². The van der Waals surface area contributed by atoms with E-state index in [1.807, 2.05) is 18.2 Å². The molecular weight excluding hydrogens is 266 g/mol. The summed E-state index contributed by atoms with van der Waals surface area (Å²) in [5, 5.41) is 3.06. The smallest absolute Gasteiger partial charge is 0.193 e. The summed E-state index contributed by atoms with van der Waals surface area (Å²) < 4.78 is 10.5. The summed E-state index contributed by atoms with van der Waals surface area (Å²) in [5.41, 5.74) is 6.66. The minimum Gasteiger partial charge on any atom is -0.497 e. The Morgan fingerprint density at radius 1 is 1.24 bits per heavy atom. The van der Waals surface area contributed by atoms with Crippen LogP contribution in [0.3, 0.4) is 0 Å². The van der Waals surface area contributed by atoms with Gasteiger partial charge < -0.3 is 20.5 Å². The second-order valence-corrected chi connectivity index (χ2v) is 5.35. The summed E-state index contributed by atoms with van der Waals surface area (Å²) in [6.07, 6.45) is 3.46. The molecule has 1 rings (SSSR count). The third kappa shape index (κ3) is 6.38. The van der Waals surface area contributed by atoms with Crippen LogP contribution in [0.2, 0.25) is 0 Å². The molecule has 0 saturated heterocycles. The van der Waals surface area contributed by atoms with Gasteiger partial charge in [0, 0.05) is 12.6 Å². The Balaban J connectivity index is 2.54. The number of methoxy groups -OCH3 is 2. The highest BCUT2D eigenvalue weighted by atomic mass is 16.5. The zero-order chi connectivity index (χ0) is 15.7. The van der Waals surface area contributed by atoms with Crippen LogP contribution in [0.1, 0.15) is 33.1 Å². The Bertz CT molecular complexity index is 459. The number of hydrogen-bond acceptors (Lipinski definition) is 3. The van der Waals surface area contributed by atoms with Crippen molar-refractivity contribution in [3.05, 3.63) is 18.2 Å².